The molecule has 0 spiro atoms. The summed E-state index contributed by atoms with van der Waals surface area (Å²) in [7, 11) is 0. The molecule has 2 atom stereocenters. The summed E-state index contributed by atoms with van der Waals surface area (Å²) in [6, 6.07) is 11.9. The van der Waals surface area contributed by atoms with Crippen LogP contribution in [0.5, 0.6) is 0 Å². The minimum absolute atomic E-state index is 0.210. The molecule has 142 valence electrons. The Bertz CT molecular complexity index is 991. The smallest absolute Gasteiger partial charge is 0.263 e. The van der Waals surface area contributed by atoms with Gasteiger partial charge in [-0.2, -0.15) is 5.11 Å². The maximum absolute atomic E-state index is 12.9. The van der Waals surface area contributed by atoms with Gasteiger partial charge in [-0.15, -0.1) is 0 Å². The molecule has 0 bridgehead atoms. The van der Waals surface area contributed by atoms with Crippen molar-refractivity contribution in [1.29, 1.82) is 0 Å². The summed E-state index contributed by atoms with van der Waals surface area (Å²) in [5.41, 5.74) is 2.02. The average molecular weight is 398 g/mol. The molecule has 2 aromatic rings. The first-order valence-corrected chi connectivity index (χ1v) is 8.99. The van der Waals surface area contributed by atoms with Crippen LogP contribution in [0.15, 0.2) is 58.9 Å². The number of fused-ring (bicyclic) bond motifs is 1. The van der Waals surface area contributed by atoms with Gasteiger partial charge in [-0.05, 0) is 37.3 Å². The molecule has 2 aromatic carbocycles. The lowest BCUT2D eigenvalue weighted by molar-refractivity contribution is -0.123. The zero-order valence-electron chi connectivity index (χ0n) is 14.9. The van der Waals surface area contributed by atoms with Gasteiger partial charge in [0.15, 0.2) is 12.1 Å². The molecule has 4 rings (SSSR count). The fraction of sp³-hybridized carbons (Fsp3) is 0.211. The Hall–Kier alpha value is -3.26. The molecular weight excluding hydrogens is 382 g/mol. The van der Waals surface area contributed by atoms with Gasteiger partial charge in [-0.25, -0.2) is 4.90 Å². The largest absolute Gasteiger partial charge is 0.324 e. The molecule has 2 aliphatic rings. The summed E-state index contributed by atoms with van der Waals surface area (Å²) in [4.78, 5) is 39.0. The van der Waals surface area contributed by atoms with Crippen LogP contribution in [0, 0.1) is 6.92 Å². The number of nitrogens with one attached hydrogen (secondary N) is 1. The minimum Gasteiger partial charge on any atom is -0.324 e. The predicted molar refractivity (Wildman–Crippen MR) is 103 cm³/mol. The Morgan fingerprint density at radius 1 is 1.14 bits per heavy atom. The fourth-order valence-electron chi connectivity index (χ4n) is 3.22. The third-order valence-corrected chi connectivity index (χ3v) is 4.80. The lowest BCUT2D eigenvalue weighted by Crippen LogP contribution is -2.43. The van der Waals surface area contributed by atoms with Crippen molar-refractivity contribution in [3.8, 4) is 0 Å². The molecule has 1 fully saturated rings. The van der Waals surface area contributed by atoms with E-state index in [0.717, 1.165) is 10.5 Å². The summed E-state index contributed by atoms with van der Waals surface area (Å²) in [5, 5.41) is 12.2. The van der Waals surface area contributed by atoms with Crippen LogP contribution in [-0.4, -0.2) is 41.4 Å². The van der Waals surface area contributed by atoms with Crippen molar-refractivity contribution in [2.75, 3.05) is 16.8 Å². The first kappa shape index (κ1) is 18.1. The third kappa shape index (κ3) is 3.22. The van der Waals surface area contributed by atoms with Gasteiger partial charge in [-0.1, -0.05) is 40.6 Å². The van der Waals surface area contributed by atoms with Crippen LogP contribution in [0.4, 0.5) is 11.4 Å². The molecule has 28 heavy (non-hydrogen) atoms. The standard InChI is InChI=1S/C19H16ClN5O3/c1-11-5-7-14(8-6-11)25-18(27)16-17(19(25)28)24(23-22-16)10-15(26)21-13-4-2-3-12(20)9-13/h2-9,16-17H,10H2,1H3,(H,21,26)/t16-,17+/m0/s1. The molecule has 1 N–H and O–H groups in total. The number of amides is 3. The Balaban J connectivity index is 1.48. The zero-order chi connectivity index (χ0) is 19.8. The number of imide groups is 1. The van der Waals surface area contributed by atoms with E-state index >= 15 is 0 Å². The van der Waals surface area contributed by atoms with Crippen molar-refractivity contribution in [2.24, 2.45) is 10.3 Å². The van der Waals surface area contributed by atoms with E-state index in [1.807, 2.05) is 19.1 Å². The molecule has 0 aromatic heterocycles. The first-order valence-electron chi connectivity index (χ1n) is 8.61. The molecule has 0 unspecified atom stereocenters. The highest BCUT2D eigenvalue weighted by atomic mass is 35.5. The van der Waals surface area contributed by atoms with Crippen molar-refractivity contribution in [2.45, 2.75) is 19.0 Å². The lowest BCUT2D eigenvalue weighted by Gasteiger charge is -2.20. The Morgan fingerprint density at radius 2 is 1.89 bits per heavy atom. The maximum atomic E-state index is 12.9. The molecule has 0 saturated carbocycles. The lowest BCUT2D eigenvalue weighted by atomic mass is 10.1. The van der Waals surface area contributed by atoms with Crippen LogP contribution in [0.2, 0.25) is 5.02 Å². The van der Waals surface area contributed by atoms with Gasteiger partial charge < -0.3 is 5.32 Å². The highest BCUT2D eigenvalue weighted by molar-refractivity contribution is 6.31. The quantitative estimate of drug-likeness (QED) is 0.802. The van der Waals surface area contributed by atoms with Crippen LogP contribution in [0.25, 0.3) is 0 Å². The molecular formula is C19H16ClN5O3. The van der Waals surface area contributed by atoms with Gasteiger partial charge in [0, 0.05) is 10.7 Å². The molecule has 2 heterocycles. The Kier molecular flexibility index (Phi) is 4.56. The van der Waals surface area contributed by atoms with E-state index in [0.29, 0.717) is 16.4 Å². The molecule has 9 heteroatoms. The van der Waals surface area contributed by atoms with Crippen LogP contribution in [0.1, 0.15) is 5.56 Å². The van der Waals surface area contributed by atoms with Crippen LogP contribution in [-0.2, 0) is 14.4 Å². The SMILES string of the molecule is Cc1ccc(N2C(=O)[C@H]3N=NN(CC(=O)Nc4cccc(Cl)c4)[C@H]3C2=O)cc1. The summed E-state index contributed by atoms with van der Waals surface area (Å²) in [5.74, 6) is -1.28. The number of carbonyl (C=O) groups is 3. The Morgan fingerprint density at radius 3 is 2.61 bits per heavy atom. The summed E-state index contributed by atoms with van der Waals surface area (Å²) >= 11 is 5.91. The van der Waals surface area contributed by atoms with E-state index in [2.05, 4.69) is 15.7 Å². The second-order valence-corrected chi connectivity index (χ2v) is 7.03. The van der Waals surface area contributed by atoms with Gasteiger partial charge in [0.1, 0.15) is 6.54 Å². The third-order valence-electron chi connectivity index (χ3n) is 4.56. The number of halogens is 1. The number of benzene rings is 2. The van der Waals surface area contributed by atoms with E-state index in [4.69, 9.17) is 11.6 Å². The zero-order valence-corrected chi connectivity index (χ0v) is 15.6. The summed E-state index contributed by atoms with van der Waals surface area (Å²) in [6.45, 7) is 1.71. The van der Waals surface area contributed by atoms with Crippen molar-refractivity contribution >= 4 is 40.7 Å². The van der Waals surface area contributed by atoms with Crippen LogP contribution >= 0.6 is 11.6 Å². The van der Waals surface area contributed by atoms with E-state index < -0.39 is 29.8 Å². The van der Waals surface area contributed by atoms with Crippen molar-refractivity contribution < 1.29 is 14.4 Å². The summed E-state index contributed by atoms with van der Waals surface area (Å²) in [6.07, 6.45) is 0. The second kappa shape index (κ2) is 7.05. The number of aryl methyl sites for hydroxylation is 1. The van der Waals surface area contributed by atoms with Crippen molar-refractivity contribution in [3.63, 3.8) is 0 Å². The highest BCUT2D eigenvalue weighted by Crippen LogP contribution is 2.31. The van der Waals surface area contributed by atoms with Gasteiger partial charge in [0.25, 0.3) is 11.8 Å². The average Bonchev–Trinajstić information content (AvgIpc) is 3.16. The maximum Gasteiger partial charge on any atom is 0.263 e. The monoisotopic (exact) mass is 397 g/mol. The predicted octanol–water partition coefficient (Wildman–Crippen LogP) is 2.58. The van der Waals surface area contributed by atoms with E-state index in [9.17, 15) is 14.4 Å². The second-order valence-electron chi connectivity index (χ2n) is 6.60. The first-order chi connectivity index (χ1) is 13.4. The van der Waals surface area contributed by atoms with Gasteiger partial charge in [0.05, 0.1) is 5.69 Å². The normalized spacial score (nSPS) is 20.6. The van der Waals surface area contributed by atoms with E-state index in [1.165, 1.54) is 5.01 Å². The van der Waals surface area contributed by atoms with Crippen molar-refractivity contribution in [3.05, 3.63) is 59.1 Å². The van der Waals surface area contributed by atoms with Crippen LogP contribution < -0.4 is 10.2 Å². The molecule has 0 aliphatic carbocycles. The molecule has 1 saturated heterocycles. The van der Waals surface area contributed by atoms with Gasteiger partial charge >= 0.3 is 0 Å². The summed E-state index contributed by atoms with van der Waals surface area (Å²) < 4.78 is 0. The molecule has 8 nitrogen and oxygen atoms in total. The fourth-order valence-corrected chi connectivity index (χ4v) is 3.41. The van der Waals surface area contributed by atoms with Crippen molar-refractivity contribution in [1.82, 2.24) is 5.01 Å². The number of nitrogens with zero attached hydrogens (tertiary/aromatic N) is 4. The highest BCUT2D eigenvalue weighted by Gasteiger charge is 2.55. The number of hydrogen-bond donors (Lipinski definition) is 1. The van der Waals surface area contributed by atoms with Crippen LogP contribution in [0.3, 0.4) is 0 Å². The topological polar surface area (TPSA) is 94.4 Å². The number of hydrogen-bond acceptors (Lipinski definition) is 6. The molecule has 2 aliphatic heterocycles. The minimum atomic E-state index is -0.937. The Labute approximate surface area is 165 Å². The van der Waals surface area contributed by atoms with E-state index in [1.54, 1.807) is 36.4 Å². The number of rotatable bonds is 4. The van der Waals surface area contributed by atoms with Gasteiger partial charge in [-0.3, -0.25) is 19.4 Å². The number of carbonyl (C=O) groups excluding carboxylic acids is 3. The molecule has 3 amide bonds. The van der Waals surface area contributed by atoms with Gasteiger partial charge in [0.2, 0.25) is 5.91 Å². The number of anilines is 2. The van der Waals surface area contributed by atoms with E-state index in [-0.39, 0.29) is 6.54 Å². The molecule has 0 radical (unpaired) electrons.